The second kappa shape index (κ2) is 4.49. The molecule has 3 nitrogen and oxygen atoms in total. The molecule has 0 saturated carbocycles. The van der Waals surface area contributed by atoms with Crippen molar-refractivity contribution in [2.24, 2.45) is 0 Å². The number of carbonyl (C=O) groups is 1. The molecule has 2 rings (SSSR count). The number of H-pyrrole nitrogens is 1. The van der Waals surface area contributed by atoms with Gasteiger partial charge < -0.3 is 10.3 Å². The molecule has 0 aliphatic carbocycles. The van der Waals surface area contributed by atoms with Gasteiger partial charge in [0.2, 0.25) is 0 Å². The van der Waals surface area contributed by atoms with E-state index in [-0.39, 0.29) is 5.78 Å². The van der Waals surface area contributed by atoms with Gasteiger partial charge in [-0.2, -0.15) is 0 Å². The second-order valence-electron chi connectivity index (χ2n) is 4.08. The molecule has 2 aromatic rings. The van der Waals surface area contributed by atoms with Crippen molar-refractivity contribution >= 4 is 16.7 Å². The van der Waals surface area contributed by atoms with Crippen LogP contribution in [-0.2, 0) is 11.3 Å². The van der Waals surface area contributed by atoms with Crippen molar-refractivity contribution < 1.29 is 4.79 Å². The Morgan fingerprint density at radius 2 is 2.12 bits per heavy atom. The van der Waals surface area contributed by atoms with E-state index < -0.39 is 0 Å². The summed E-state index contributed by atoms with van der Waals surface area (Å²) < 4.78 is 0. The zero-order valence-corrected chi connectivity index (χ0v) is 9.63. The van der Waals surface area contributed by atoms with Crippen molar-refractivity contribution in [2.45, 2.75) is 20.4 Å². The van der Waals surface area contributed by atoms with E-state index in [0.29, 0.717) is 6.54 Å². The quantitative estimate of drug-likeness (QED) is 0.822. The molecule has 0 saturated heterocycles. The Labute approximate surface area is 94.9 Å². The van der Waals surface area contributed by atoms with Crippen molar-refractivity contribution in [2.75, 3.05) is 6.54 Å². The molecule has 3 heteroatoms. The average Bonchev–Trinajstić information content (AvgIpc) is 2.55. The van der Waals surface area contributed by atoms with Gasteiger partial charge in [0, 0.05) is 23.1 Å². The van der Waals surface area contributed by atoms with E-state index in [4.69, 9.17) is 0 Å². The normalized spacial score (nSPS) is 10.9. The fourth-order valence-electron chi connectivity index (χ4n) is 1.93. The predicted molar refractivity (Wildman–Crippen MR) is 65.4 cm³/mol. The third kappa shape index (κ3) is 2.14. The molecule has 0 radical (unpaired) electrons. The van der Waals surface area contributed by atoms with Crippen LogP contribution in [0.2, 0.25) is 0 Å². The van der Waals surface area contributed by atoms with Crippen LogP contribution in [0.4, 0.5) is 0 Å². The zero-order chi connectivity index (χ0) is 11.5. The Morgan fingerprint density at radius 1 is 1.38 bits per heavy atom. The molecule has 16 heavy (non-hydrogen) atoms. The average molecular weight is 216 g/mol. The number of Topliss-reactive ketones (excluding diaryl/α,β-unsaturated/α-hetero) is 1. The fraction of sp³-hybridized carbons (Fsp3) is 0.308. The third-order valence-corrected chi connectivity index (χ3v) is 2.70. The summed E-state index contributed by atoms with van der Waals surface area (Å²) >= 11 is 0. The van der Waals surface area contributed by atoms with Gasteiger partial charge in [-0.25, -0.2) is 0 Å². The summed E-state index contributed by atoms with van der Waals surface area (Å²) in [6, 6.07) is 8.22. The Bertz CT molecular complexity index is 514. The Morgan fingerprint density at radius 3 is 2.88 bits per heavy atom. The minimum absolute atomic E-state index is 0.164. The summed E-state index contributed by atoms with van der Waals surface area (Å²) in [5, 5.41) is 4.38. The Balaban J connectivity index is 2.22. The van der Waals surface area contributed by atoms with Crippen molar-refractivity contribution in [1.29, 1.82) is 0 Å². The van der Waals surface area contributed by atoms with Gasteiger partial charge in [0.05, 0.1) is 6.54 Å². The van der Waals surface area contributed by atoms with E-state index >= 15 is 0 Å². The third-order valence-electron chi connectivity index (χ3n) is 2.70. The lowest BCUT2D eigenvalue weighted by Gasteiger charge is -2.02. The molecule has 1 aromatic heterocycles. The van der Waals surface area contributed by atoms with Gasteiger partial charge in [0.15, 0.2) is 0 Å². The van der Waals surface area contributed by atoms with E-state index in [0.717, 1.165) is 17.8 Å². The minimum Gasteiger partial charge on any atom is -0.358 e. The molecule has 84 valence electrons. The molecular weight excluding hydrogens is 200 g/mol. The molecule has 0 atom stereocenters. The van der Waals surface area contributed by atoms with Crippen LogP contribution in [0.25, 0.3) is 10.9 Å². The van der Waals surface area contributed by atoms with Crippen molar-refractivity contribution in [3.63, 3.8) is 0 Å². The van der Waals surface area contributed by atoms with Crippen LogP contribution >= 0.6 is 0 Å². The number of rotatable bonds is 4. The summed E-state index contributed by atoms with van der Waals surface area (Å²) in [6.07, 6.45) is 0. The molecule has 0 aliphatic rings. The monoisotopic (exact) mass is 216 g/mol. The summed E-state index contributed by atoms with van der Waals surface area (Å²) in [5.41, 5.74) is 3.56. The lowest BCUT2D eigenvalue weighted by Crippen LogP contribution is -2.20. The smallest absolute Gasteiger partial charge is 0.143 e. The van der Waals surface area contributed by atoms with Gasteiger partial charge in [-0.3, -0.25) is 4.79 Å². The lowest BCUT2D eigenvalue weighted by molar-refractivity contribution is -0.116. The molecule has 0 spiro atoms. The molecule has 1 aromatic carbocycles. The first kappa shape index (κ1) is 10.9. The summed E-state index contributed by atoms with van der Waals surface area (Å²) in [7, 11) is 0. The molecule has 0 fully saturated rings. The lowest BCUT2D eigenvalue weighted by atomic mass is 10.1. The van der Waals surface area contributed by atoms with Crippen LogP contribution in [0.3, 0.4) is 0 Å². The fourth-order valence-corrected chi connectivity index (χ4v) is 1.93. The molecule has 0 amide bonds. The van der Waals surface area contributed by atoms with Gasteiger partial charge in [0.25, 0.3) is 0 Å². The van der Waals surface area contributed by atoms with Crippen LogP contribution < -0.4 is 5.32 Å². The maximum Gasteiger partial charge on any atom is 0.143 e. The number of aromatic amines is 1. The predicted octanol–water partition coefficient (Wildman–Crippen LogP) is 2.15. The second-order valence-corrected chi connectivity index (χ2v) is 4.08. The maximum absolute atomic E-state index is 10.9. The van der Waals surface area contributed by atoms with Crippen LogP contribution in [-0.4, -0.2) is 17.3 Å². The SMILES string of the molecule is CC(=O)CNCc1c(C)[nH]c2ccccc12. The van der Waals surface area contributed by atoms with Crippen molar-refractivity contribution in [1.82, 2.24) is 10.3 Å². The number of carbonyl (C=O) groups excluding carboxylic acids is 1. The number of para-hydroxylation sites is 1. The van der Waals surface area contributed by atoms with E-state index in [1.54, 1.807) is 6.92 Å². The molecule has 0 bridgehead atoms. The minimum atomic E-state index is 0.164. The van der Waals surface area contributed by atoms with E-state index in [1.807, 2.05) is 12.1 Å². The van der Waals surface area contributed by atoms with Gasteiger partial charge >= 0.3 is 0 Å². The highest BCUT2D eigenvalue weighted by atomic mass is 16.1. The number of nitrogens with one attached hydrogen (secondary N) is 2. The molecular formula is C13H16N2O. The standard InChI is InChI=1S/C13H16N2O/c1-9(16)7-14-8-12-10(2)15-13-6-4-3-5-11(12)13/h3-6,14-15H,7-8H2,1-2H3. The van der Waals surface area contributed by atoms with Crippen LogP contribution in [0.1, 0.15) is 18.2 Å². The van der Waals surface area contributed by atoms with Gasteiger partial charge in [-0.05, 0) is 25.5 Å². The topological polar surface area (TPSA) is 44.9 Å². The molecule has 0 unspecified atom stereocenters. The highest BCUT2D eigenvalue weighted by molar-refractivity contribution is 5.84. The largest absolute Gasteiger partial charge is 0.358 e. The number of benzene rings is 1. The Kier molecular flexibility index (Phi) is 3.06. The number of ketones is 1. The zero-order valence-electron chi connectivity index (χ0n) is 9.63. The van der Waals surface area contributed by atoms with Crippen molar-refractivity contribution in [3.05, 3.63) is 35.5 Å². The number of fused-ring (bicyclic) bond motifs is 1. The van der Waals surface area contributed by atoms with E-state index in [2.05, 4.69) is 29.4 Å². The highest BCUT2D eigenvalue weighted by Crippen LogP contribution is 2.21. The van der Waals surface area contributed by atoms with Crippen LogP contribution in [0, 0.1) is 6.92 Å². The molecule has 0 aliphatic heterocycles. The summed E-state index contributed by atoms with van der Waals surface area (Å²) in [6.45, 7) is 4.81. The first-order chi connectivity index (χ1) is 7.68. The number of aryl methyl sites for hydroxylation is 1. The van der Waals surface area contributed by atoms with E-state index in [9.17, 15) is 4.79 Å². The van der Waals surface area contributed by atoms with Crippen LogP contribution in [0.15, 0.2) is 24.3 Å². The number of aromatic nitrogens is 1. The summed E-state index contributed by atoms with van der Waals surface area (Å²) in [5.74, 6) is 0.164. The highest BCUT2D eigenvalue weighted by Gasteiger charge is 2.06. The summed E-state index contributed by atoms with van der Waals surface area (Å²) in [4.78, 5) is 14.2. The number of hydrogen-bond donors (Lipinski definition) is 2. The first-order valence-corrected chi connectivity index (χ1v) is 5.45. The van der Waals surface area contributed by atoms with Gasteiger partial charge in [-0.1, -0.05) is 18.2 Å². The van der Waals surface area contributed by atoms with Gasteiger partial charge in [-0.15, -0.1) is 0 Å². The van der Waals surface area contributed by atoms with E-state index in [1.165, 1.54) is 10.9 Å². The first-order valence-electron chi connectivity index (χ1n) is 5.45. The number of hydrogen-bond acceptors (Lipinski definition) is 2. The van der Waals surface area contributed by atoms with Crippen molar-refractivity contribution in [3.8, 4) is 0 Å². The van der Waals surface area contributed by atoms with Crippen LogP contribution in [0.5, 0.6) is 0 Å². The van der Waals surface area contributed by atoms with Gasteiger partial charge in [0.1, 0.15) is 5.78 Å². The maximum atomic E-state index is 10.9. The molecule has 1 heterocycles. The Hall–Kier alpha value is -1.61. The molecule has 2 N–H and O–H groups in total.